The van der Waals surface area contributed by atoms with E-state index in [4.69, 9.17) is 0 Å². The van der Waals surface area contributed by atoms with Crippen LogP contribution in [-0.4, -0.2) is 24.9 Å². The van der Waals surface area contributed by atoms with Gasteiger partial charge in [-0.15, -0.1) is 0 Å². The Bertz CT molecular complexity index is 165. The van der Waals surface area contributed by atoms with Crippen LogP contribution in [0.25, 0.3) is 0 Å². The maximum absolute atomic E-state index is 4.67. The van der Waals surface area contributed by atoms with Gasteiger partial charge in [0, 0.05) is 25.4 Å². The van der Waals surface area contributed by atoms with Gasteiger partial charge in [0.15, 0.2) is 0 Å². The van der Waals surface area contributed by atoms with Crippen molar-refractivity contribution in [2.75, 3.05) is 7.11 Å². The van der Waals surface area contributed by atoms with E-state index in [0.29, 0.717) is 0 Å². The molecule has 2 N–H and O–H groups in total. The molecule has 1 radical (unpaired) electrons. The molecule has 0 saturated heterocycles. The van der Waals surface area contributed by atoms with E-state index in [1.54, 1.807) is 13.3 Å². The fourth-order valence-corrected chi connectivity index (χ4v) is 0.617. The minimum Gasteiger partial charge on any atom is -0.427 e. The number of nitrogens with one attached hydrogen (secondary N) is 2. The summed E-state index contributed by atoms with van der Waals surface area (Å²) in [5.41, 5.74) is 1.10. The molecule has 1 heterocycles. The normalized spacial score (nSPS) is 9.70. The Hall–Kier alpha value is -0.805. The lowest BCUT2D eigenvalue weighted by molar-refractivity contribution is 0.430. The molecule has 53 valence electrons. The maximum Gasteiger partial charge on any atom is 0.395 e. The second kappa shape index (κ2) is 4.08. The monoisotopic (exact) mass is 138 g/mol. The number of hydrogen-bond acceptors (Lipinski definition) is 3. The average Bonchev–Trinajstić information content (AvgIpc) is 2.41. The summed E-state index contributed by atoms with van der Waals surface area (Å²) in [6, 6.07) is 0. The third-order valence-electron chi connectivity index (χ3n) is 1.06. The number of H-pyrrole nitrogens is 1. The molecule has 0 spiro atoms. The Labute approximate surface area is 60.3 Å². The molecule has 1 aromatic heterocycles. The third-order valence-corrected chi connectivity index (χ3v) is 1.06. The van der Waals surface area contributed by atoms with E-state index in [2.05, 4.69) is 20.1 Å². The maximum atomic E-state index is 4.67. The zero-order valence-electron chi connectivity index (χ0n) is 5.79. The fourth-order valence-electron chi connectivity index (χ4n) is 0.617. The van der Waals surface area contributed by atoms with Gasteiger partial charge in [-0.1, -0.05) is 0 Å². The van der Waals surface area contributed by atoms with Gasteiger partial charge >= 0.3 is 7.62 Å². The van der Waals surface area contributed by atoms with Crippen molar-refractivity contribution in [3.8, 4) is 0 Å². The lowest BCUT2D eigenvalue weighted by Gasteiger charge is -1.95. The van der Waals surface area contributed by atoms with Crippen LogP contribution in [0, 0.1) is 0 Å². The quantitative estimate of drug-likeness (QED) is 0.442. The van der Waals surface area contributed by atoms with E-state index in [-0.39, 0.29) is 0 Å². The van der Waals surface area contributed by atoms with Crippen molar-refractivity contribution in [3.63, 3.8) is 0 Å². The minimum absolute atomic E-state index is 0.740. The molecule has 0 unspecified atom stereocenters. The van der Waals surface area contributed by atoms with Crippen LogP contribution in [0.15, 0.2) is 12.4 Å². The number of aromatic nitrogens is 2. The summed E-state index contributed by atoms with van der Waals surface area (Å²) in [7, 11) is 3.13. The van der Waals surface area contributed by atoms with Crippen molar-refractivity contribution >= 4 is 7.62 Å². The van der Waals surface area contributed by atoms with Crippen molar-refractivity contribution in [3.05, 3.63) is 18.0 Å². The molecule has 0 fully saturated rings. The molecule has 1 rings (SSSR count). The van der Waals surface area contributed by atoms with Crippen LogP contribution in [0.2, 0.25) is 0 Å². The molecule has 0 aliphatic rings. The third kappa shape index (κ3) is 2.20. The van der Waals surface area contributed by atoms with Gasteiger partial charge in [0.25, 0.3) is 0 Å². The van der Waals surface area contributed by atoms with Gasteiger partial charge in [0.05, 0.1) is 6.20 Å². The summed E-state index contributed by atoms with van der Waals surface area (Å²) in [6.07, 6.45) is 3.59. The predicted molar refractivity (Wildman–Crippen MR) is 38.2 cm³/mol. The SMILES string of the molecule is CO[B]NCc1cn[nH]c1. The first-order chi connectivity index (χ1) is 4.93. The Morgan fingerprint density at radius 1 is 1.90 bits per heavy atom. The van der Waals surface area contributed by atoms with Gasteiger partial charge in [-0.3, -0.25) is 5.10 Å². The highest BCUT2D eigenvalue weighted by atomic mass is 16.4. The van der Waals surface area contributed by atoms with Crippen LogP contribution in [0.3, 0.4) is 0 Å². The summed E-state index contributed by atoms with van der Waals surface area (Å²) < 4.78 is 4.67. The molecule has 5 heteroatoms. The van der Waals surface area contributed by atoms with Gasteiger partial charge in [-0.25, -0.2) is 0 Å². The number of aromatic amines is 1. The molecule has 4 nitrogen and oxygen atoms in total. The highest BCUT2D eigenvalue weighted by molar-refractivity contribution is 6.23. The van der Waals surface area contributed by atoms with Crippen LogP contribution < -0.4 is 5.23 Å². The van der Waals surface area contributed by atoms with Crippen LogP contribution in [0.4, 0.5) is 0 Å². The molecule has 0 atom stereocenters. The smallest absolute Gasteiger partial charge is 0.395 e. The van der Waals surface area contributed by atoms with E-state index in [1.165, 1.54) is 7.62 Å². The second-order valence-corrected chi connectivity index (χ2v) is 1.84. The van der Waals surface area contributed by atoms with Crippen molar-refractivity contribution in [2.45, 2.75) is 6.54 Å². The average molecular weight is 138 g/mol. The van der Waals surface area contributed by atoms with Gasteiger partial charge in [0.2, 0.25) is 0 Å². The molecule has 0 amide bonds. The number of nitrogens with zero attached hydrogens (tertiary/aromatic N) is 1. The fraction of sp³-hybridized carbons (Fsp3) is 0.400. The topological polar surface area (TPSA) is 49.9 Å². The molecule has 1 aromatic rings. The van der Waals surface area contributed by atoms with Crippen LogP contribution in [-0.2, 0) is 11.2 Å². The first-order valence-electron chi connectivity index (χ1n) is 2.99. The summed E-state index contributed by atoms with van der Waals surface area (Å²) in [5.74, 6) is 0. The predicted octanol–water partition coefficient (Wildman–Crippen LogP) is -0.320. The first kappa shape index (κ1) is 7.30. The van der Waals surface area contributed by atoms with Crippen molar-refractivity contribution in [1.82, 2.24) is 15.4 Å². The zero-order chi connectivity index (χ0) is 7.23. The summed E-state index contributed by atoms with van der Waals surface area (Å²) in [4.78, 5) is 0. The molecule has 0 aliphatic carbocycles. The highest BCUT2D eigenvalue weighted by Gasteiger charge is 1.92. The van der Waals surface area contributed by atoms with Crippen molar-refractivity contribution in [1.29, 1.82) is 0 Å². The second-order valence-electron chi connectivity index (χ2n) is 1.84. The standard InChI is InChI=1S/C5H9BN3O/c1-10-6-7-2-5-3-8-9-4-5/h3-4,7H,2H2,1H3,(H,8,9). The van der Waals surface area contributed by atoms with Crippen LogP contribution in [0.5, 0.6) is 0 Å². The lowest BCUT2D eigenvalue weighted by atomic mass is 10.2. The van der Waals surface area contributed by atoms with Crippen LogP contribution in [0.1, 0.15) is 5.56 Å². The molecule has 0 saturated carbocycles. The molecular formula is C5H9BN3O. The van der Waals surface area contributed by atoms with Gasteiger partial charge < -0.3 is 9.88 Å². The Morgan fingerprint density at radius 3 is 3.40 bits per heavy atom. The minimum atomic E-state index is 0.740. The summed E-state index contributed by atoms with van der Waals surface area (Å²) in [6.45, 7) is 0.740. The lowest BCUT2D eigenvalue weighted by Crippen LogP contribution is -2.19. The van der Waals surface area contributed by atoms with E-state index in [9.17, 15) is 0 Å². The van der Waals surface area contributed by atoms with E-state index >= 15 is 0 Å². The van der Waals surface area contributed by atoms with Gasteiger partial charge in [-0.05, 0) is 0 Å². The zero-order valence-corrected chi connectivity index (χ0v) is 5.79. The number of rotatable bonds is 4. The largest absolute Gasteiger partial charge is 0.427 e. The Kier molecular flexibility index (Phi) is 2.98. The van der Waals surface area contributed by atoms with Gasteiger partial charge in [-0.2, -0.15) is 5.10 Å². The van der Waals surface area contributed by atoms with E-state index < -0.39 is 0 Å². The molecule has 10 heavy (non-hydrogen) atoms. The highest BCUT2D eigenvalue weighted by Crippen LogP contribution is 1.90. The molecule has 0 aromatic carbocycles. The molecular weight excluding hydrogens is 129 g/mol. The van der Waals surface area contributed by atoms with Crippen molar-refractivity contribution < 1.29 is 4.65 Å². The van der Waals surface area contributed by atoms with Gasteiger partial charge in [0.1, 0.15) is 0 Å². The van der Waals surface area contributed by atoms with Crippen molar-refractivity contribution in [2.24, 2.45) is 0 Å². The summed E-state index contributed by atoms with van der Waals surface area (Å²) in [5, 5.41) is 9.42. The molecule has 0 bridgehead atoms. The van der Waals surface area contributed by atoms with Crippen LogP contribution >= 0.6 is 0 Å². The summed E-state index contributed by atoms with van der Waals surface area (Å²) >= 11 is 0. The molecule has 0 aliphatic heterocycles. The van der Waals surface area contributed by atoms with E-state index in [0.717, 1.165) is 12.1 Å². The first-order valence-corrected chi connectivity index (χ1v) is 2.99. The Balaban J connectivity index is 2.15. The van der Waals surface area contributed by atoms with E-state index in [1.807, 2.05) is 6.20 Å². The Morgan fingerprint density at radius 2 is 2.80 bits per heavy atom. The number of hydrogen-bond donors (Lipinski definition) is 2.